The second-order valence-corrected chi connectivity index (χ2v) is 8.37. The van der Waals surface area contributed by atoms with Crippen molar-refractivity contribution in [2.45, 2.75) is 32.5 Å². The maximum atomic E-state index is 13.4. The Hall–Kier alpha value is -2.81. The summed E-state index contributed by atoms with van der Waals surface area (Å²) in [6.45, 7) is 5.82. The number of anilines is 4. The number of alkyl halides is 3. The first-order valence-corrected chi connectivity index (χ1v) is 9.82. The molecule has 0 aliphatic rings. The molecule has 0 spiro atoms. The molecule has 0 aliphatic carbocycles. The fourth-order valence-corrected chi connectivity index (χ4v) is 2.94. The average molecular weight is 481 g/mol. The van der Waals surface area contributed by atoms with Crippen LogP contribution in [0.3, 0.4) is 0 Å². The molecule has 0 aliphatic heterocycles. The lowest BCUT2D eigenvalue weighted by atomic mass is 10.2. The molecule has 30 heavy (non-hydrogen) atoms. The van der Waals surface area contributed by atoms with Crippen molar-refractivity contribution < 1.29 is 17.9 Å². The van der Waals surface area contributed by atoms with Gasteiger partial charge in [0.05, 0.1) is 0 Å². The highest BCUT2D eigenvalue weighted by Gasteiger charge is 2.35. The average Bonchev–Trinajstić information content (AvgIpc) is 2.61. The molecule has 0 amide bonds. The van der Waals surface area contributed by atoms with E-state index in [0.29, 0.717) is 17.1 Å². The van der Waals surface area contributed by atoms with Crippen molar-refractivity contribution in [1.29, 1.82) is 0 Å². The zero-order valence-corrected chi connectivity index (χ0v) is 18.1. The lowest BCUT2D eigenvalue weighted by Crippen LogP contribution is -2.22. The summed E-state index contributed by atoms with van der Waals surface area (Å²) in [5.74, 6) is 0.370. The molecule has 0 saturated heterocycles. The molecule has 0 atom stereocenters. The van der Waals surface area contributed by atoms with Gasteiger partial charge in [0.15, 0.2) is 0 Å². The first kappa shape index (κ1) is 21.9. The minimum absolute atomic E-state index is 0.0324. The van der Waals surface area contributed by atoms with Crippen molar-refractivity contribution in [3.63, 3.8) is 0 Å². The highest BCUT2D eigenvalue weighted by atomic mass is 79.9. The summed E-state index contributed by atoms with van der Waals surface area (Å²) in [5.41, 5.74) is -0.215. The highest BCUT2D eigenvalue weighted by molar-refractivity contribution is 9.10. The van der Waals surface area contributed by atoms with Crippen molar-refractivity contribution in [1.82, 2.24) is 9.97 Å². The molecule has 1 aromatic heterocycles. The molecule has 0 saturated carbocycles. The standard InChI is InChI=1S/C21H20BrF3N4O/c1-20(2,3)30-16-9-7-14(8-10-16)28-19-26-12-17(21(23,24)25)18(29-19)27-15-6-4-5-13(22)11-15/h4-12H,1-3H3,(H2,26,27,28,29). The van der Waals surface area contributed by atoms with E-state index in [9.17, 15) is 13.2 Å². The van der Waals surface area contributed by atoms with E-state index >= 15 is 0 Å². The molecule has 1 heterocycles. The first-order valence-electron chi connectivity index (χ1n) is 9.02. The molecule has 3 rings (SSSR count). The van der Waals surface area contributed by atoms with Crippen molar-refractivity contribution in [3.8, 4) is 5.75 Å². The Labute approximate surface area is 180 Å². The van der Waals surface area contributed by atoms with Gasteiger partial charge in [0.2, 0.25) is 5.95 Å². The van der Waals surface area contributed by atoms with E-state index in [0.717, 1.165) is 10.7 Å². The van der Waals surface area contributed by atoms with Crippen LogP contribution < -0.4 is 15.4 Å². The van der Waals surface area contributed by atoms with Crippen molar-refractivity contribution in [2.75, 3.05) is 10.6 Å². The second kappa shape index (κ2) is 8.51. The number of hydrogen-bond acceptors (Lipinski definition) is 5. The fourth-order valence-electron chi connectivity index (χ4n) is 2.54. The molecule has 0 bridgehead atoms. The lowest BCUT2D eigenvalue weighted by Gasteiger charge is -2.21. The van der Waals surface area contributed by atoms with Crippen LogP contribution in [-0.2, 0) is 6.18 Å². The van der Waals surface area contributed by atoms with Gasteiger partial charge in [0, 0.05) is 22.0 Å². The van der Waals surface area contributed by atoms with Crippen LogP contribution in [0.25, 0.3) is 0 Å². The topological polar surface area (TPSA) is 59.1 Å². The van der Waals surface area contributed by atoms with Gasteiger partial charge in [-0.3, -0.25) is 0 Å². The highest BCUT2D eigenvalue weighted by Crippen LogP contribution is 2.35. The van der Waals surface area contributed by atoms with E-state index < -0.39 is 11.7 Å². The van der Waals surface area contributed by atoms with Gasteiger partial charge in [-0.2, -0.15) is 18.2 Å². The van der Waals surface area contributed by atoms with E-state index in [-0.39, 0.29) is 17.4 Å². The van der Waals surface area contributed by atoms with Crippen molar-refractivity contribution in [3.05, 3.63) is 64.8 Å². The van der Waals surface area contributed by atoms with Crippen LogP contribution in [0.4, 0.5) is 36.3 Å². The van der Waals surface area contributed by atoms with E-state index in [1.165, 1.54) is 0 Å². The number of benzene rings is 2. The second-order valence-electron chi connectivity index (χ2n) is 7.45. The molecular weight excluding hydrogens is 461 g/mol. The van der Waals surface area contributed by atoms with Crippen LogP contribution in [0.5, 0.6) is 5.75 Å². The molecule has 5 nitrogen and oxygen atoms in total. The largest absolute Gasteiger partial charge is 0.488 e. The molecule has 0 radical (unpaired) electrons. The summed E-state index contributed by atoms with van der Waals surface area (Å²) in [6, 6.07) is 13.8. The third-order valence-electron chi connectivity index (χ3n) is 3.72. The van der Waals surface area contributed by atoms with Gasteiger partial charge in [-0.25, -0.2) is 4.98 Å². The van der Waals surface area contributed by atoms with Crippen LogP contribution in [0, 0.1) is 0 Å². The molecule has 9 heteroatoms. The maximum Gasteiger partial charge on any atom is 0.421 e. The number of nitrogens with zero attached hydrogens (tertiary/aromatic N) is 2. The smallest absolute Gasteiger partial charge is 0.421 e. The van der Waals surface area contributed by atoms with Gasteiger partial charge < -0.3 is 15.4 Å². The van der Waals surface area contributed by atoms with Gasteiger partial charge in [0.25, 0.3) is 0 Å². The van der Waals surface area contributed by atoms with Gasteiger partial charge in [-0.05, 0) is 63.2 Å². The Bertz CT molecular complexity index is 1020. The number of hydrogen-bond donors (Lipinski definition) is 2. The Morgan fingerprint density at radius 1 is 0.933 bits per heavy atom. The molecule has 3 aromatic rings. The molecule has 158 valence electrons. The molecule has 0 unspecified atom stereocenters. The fraction of sp³-hybridized carbons (Fsp3) is 0.238. The van der Waals surface area contributed by atoms with E-state index in [1.54, 1.807) is 48.5 Å². The van der Waals surface area contributed by atoms with Crippen LogP contribution in [0.1, 0.15) is 26.3 Å². The zero-order valence-electron chi connectivity index (χ0n) is 16.5. The van der Waals surface area contributed by atoms with Crippen molar-refractivity contribution >= 4 is 39.1 Å². The Kier molecular flexibility index (Phi) is 6.21. The minimum atomic E-state index is -4.60. The van der Waals surface area contributed by atoms with E-state index in [2.05, 4.69) is 36.5 Å². The predicted molar refractivity (Wildman–Crippen MR) is 115 cm³/mol. The maximum absolute atomic E-state index is 13.4. The first-order chi connectivity index (χ1) is 14.0. The normalized spacial score (nSPS) is 11.8. The number of nitrogens with one attached hydrogen (secondary N) is 2. The van der Waals surface area contributed by atoms with Gasteiger partial charge in [-0.15, -0.1) is 0 Å². The van der Waals surface area contributed by atoms with Crippen LogP contribution in [0.15, 0.2) is 59.2 Å². The van der Waals surface area contributed by atoms with Crippen LogP contribution in [0.2, 0.25) is 0 Å². The number of aromatic nitrogens is 2. The summed E-state index contributed by atoms with van der Waals surface area (Å²) in [5, 5.41) is 5.64. The van der Waals surface area contributed by atoms with E-state index in [1.807, 2.05) is 20.8 Å². The summed E-state index contributed by atoms with van der Waals surface area (Å²) in [7, 11) is 0. The molecule has 2 N–H and O–H groups in total. The third kappa shape index (κ3) is 6.09. The van der Waals surface area contributed by atoms with Gasteiger partial charge in [0.1, 0.15) is 22.7 Å². The third-order valence-corrected chi connectivity index (χ3v) is 4.21. The minimum Gasteiger partial charge on any atom is -0.488 e. The number of ether oxygens (including phenoxy) is 1. The lowest BCUT2D eigenvalue weighted by molar-refractivity contribution is -0.137. The quantitative estimate of drug-likeness (QED) is 0.414. The van der Waals surface area contributed by atoms with Crippen molar-refractivity contribution in [2.24, 2.45) is 0 Å². The summed E-state index contributed by atoms with van der Waals surface area (Å²) in [4.78, 5) is 7.86. The molecule has 0 fully saturated rings. The monoisotopic (exact) mass is 480 g/mol. The summed E-state index contributed by atoms with van der Waals surface area (Å²) in [6.07, 6.45) is -3.84. The van der Waals surface area contributed by atoms with Crippen LogP contribution >= 0.6 is 15.9 Å². The van der Waals surface area contributed by atoms with Crippen LogP contribution in [-0.4, -0.2) is 15.6 Å². The Morgan fingerprint density at radius 3 is 2.23 bits per heavy atom. The molecular formula is C21H20BrF3N4O. The van der Waals surface area contributed by atoms with Gasteiger partial charge >= 0.3 is 6.18 Å². The Balaban J connectivity index is 1.85. The Morgan fingerprint density at radius 2 is 1.63 bits per heavy atom. The van der Waals surface area contributed by atoms with Gasteiger partial charge in [-0.1, -0.05) is 22.0 Å². The SMILES string of the molecule is CC(C)(C)Oc1ccc(Nc2ncc(C(F)(F)F)c(Nc3cccc(Br)c3)n2)cc1. The summed E-state index contributed by atoms with van der Waals surface area (Å²) >= 11 is 3.30. The predicted octanol–water partition coefficient (Wildman–Crippen LogP) is 6.92. The molecule has 2 aromatic carbocycles. The number of rotatable bonds is 5. The van der Waals surface area contributed by atoms with E-state index in [4.69, 9.17) is 4.74 Å². The number of halogens is 4. The summed E-state index contributed by atoms with van der Waals surface area (Å²) < 4.78 is 46.7. The zero-order chi connectivity index (χ0) is 21.9.